The predicted octanol–water partition coefficient (Wildman–Crippen LogP) is 4.42. The summed E-state index contributed by atoms with van der Waals surface area (Å²) in [5, 5.41) is 17.2. The second-order valence-corrected chi connectivity index (χ2v) is 7.35. The summed E-state index contributed by atoms with van der Waals surface area (Å²) in [5.41, 5.74) is 9.91. The van der Waals surface area contributed by atoms with Crippen LogP contribution in [0.25, 0.3) is 11.3 Å². The number of hydrogen-bond acceptors (Lipinski definition) is 6. The van der Waals surface area contributed by atoms with Gasteiger partial charge in [-0.3, -0.25) is 5.10 Å². The number of ether oxygens (including phenoxy) is 2. The summed E-state index contributed by atoms with van der Waals surface area (Å²) in [5.74, 6) is 0.917. The number of fused-ring (bicyclic) bond motifs is 1. The molecule has 1 aliphatic heterocycles. The highest BCUT2D eigenvalue weighted by Crippen LogP contribution is 2.45. The summed E-state index contributed by atoms with van der Waals surface area (Å²) in [7, 11) is 0. The molecule has 0 saturated carbocycles. The molecule has 0 fully saturated rings. The Labute approximate surface area is 173 Å². The first-order valence-electron chi connectivity index (χ1n) is 9.19. The van der Waals surface area contributed by atoms with Crippen molar-refractivity contribution in [2.45, 2.75) is 17.7 Å². The number of nitriles is 1. The van der Waals surface area contributed by atoms with E-state index in [-0.39, 0.29) is 11.8 Å². The Morgan fingerprint density at radius 1 is 1.21 bits per heavy atom. The number of aromatic amines is 1. The van der Waals surface area contributed by atoms with Gasteiger partial charge in [0, 0.05) is 10.5 Å². The van der Waals surface area contributed by atoms with Crippen LogP contribution in [0.2, 0.25) is 0 Å². The van der Waals surface area contributed by atoms with Crippen LogP contribution < -0.4 is 15.2 Å². The van der Waals surface area contributed by atoms with Crippen LogP contribution in [0.5, 0.6) is 11.6 Å². The van der Waals surface area contributed by atoms with E-state index >= 15 is 0 Å². The van der Waals surface area contributed by atoms with Crippen LogP contribution >= 0.6 is 11.8 Å². The van der Waals surface area contributed by atoms with Crippen LogP contribution in [0.4, 0.5) is 0 Å². The van der Waals surface area contributed by atoms with Crippen LogP contribution in [0.15, 0.2) is 64.9 Å². The van der Waals surface area contributed by atoms with Crippen LogP contribution in [0.3, 0.4) is 0 Å². The monoisotopic (exact) mass is 404 g/mol. The lowest BCUT2D eigenvalue weighted by Crippen LogP contribution is -2.20. The van der Waals surface area contributed by atoms with E-state index in [0.29, 0.717) is 18.1 Å². The minimum absolute atomic E-state index is 0.0867. The lowest BCUT2D eigenvalue weighted by molar-refractivity contribution is 0.340. The Kier molecular flexibility index (Phi) is 5.19. The molecule has 0 aliphatic carbocycles. The molecule has 0 radical (unpaired) electrons. The maximum absolute atomic E-state index is 9.79. The highest BCUT2D eigenvalue weighted by molar-refractivity contribution is 7.98. The molecule has 1 atom stereocenters. The zero-order valence-corrected chi connectivity index (χ0v) is 16.9. The van der Waals surface area contributed by atoms with Gasteiger partial charge in [-0.05, 0) is 55.1 Å². The molecule has 6 nitrogen and oxygen atoms in total. The van der Waals surface area contributed by atoms with Gasteiger partial charge >= 0.3 is 0 Å². The molecular weight excluding hydrogens is 384 g/mol. The molecule has 29 heavy (non-hydrogen) atoms. The molecule has 0 unspecified atom stereocenters. The molecule has 3 aromatic rings. The zero-order valence-electron chi connectivity index (χ0n) is 16.1. The van der Waals surface area contributed by atoms with Crippen molar-refractivity contribution >= 4 is 11.8 Å². The number of nitrogens with zero attached hydrogens (tertiary/aromatic N) is 2. The van der Waals surface area contributed by atoms with E-state index in [9.17, 15) is 5.26 Å². The molecule has 0 saturated heterocycles. The van der Waals surface area contributed by atoms with Crippen LogP contribution in [-0.2, 0) is 0 Å². The van der Waals surface area contributed by atoms with E-state index in [1.807, 2.05) is 61.7 Å². The second kappa shape index (κ2) is 7.94. The highest BCUT2D eigenvalue weighted by atomic mass is 32.2. The average Bonchev–Trinajstić information content (AvgIpc) is 3.17. The van der Waals surface area contributed by atoms with Gasteiger partial charge in [0.1, 0.15) is 17.4 Å². The van der Waals surface area contributed by atoms with Gasteiger partial charge in [0.05, 0.1) is 23.8 Å². The number of allylic oxidation sites excluding steroid dienone is 1. The van der Waals surface area contributed by atoms with Crippen molar-refractivity contribution in [1.29, 1.82) is 5.26 Å². The Morgan fingerprint density at radius 3 is 2.55 bits per heavy atom. The number of thioether (sulfide) groups is 1. The van der Waals surface area contributed by atoms with Gasteiger partial charge in [-0.15, -0.1) is 16.9 Å². The average molecular weight is 404 g/mol. The molecule has 2 heterocycles. The third-order valence-electron chi connectivity index (χ3n) is 4.84. The Hall–Kier alpha value is -3.37. The third kappa shape index (κ3) is 3.43. The van der Waals surface area contributed by atoms with E-state index in [2.05, 4.69) is 16.3 Å². The maximum Gasteiger partial charge on any atom is 0.244 e. The molecule has 1 aromatic heterocycles. The number of H-pyrrole nitrogens is 1. The standard InChI is InChI=1S/C22H20N4O2S/c1-3-27-15-8-4-14(5-9-15)20-19-18(13-6-10-16(29-2)11-7-13)17(12-23)21(24)28-22(19)26-25-20/h4-11,18H,3,24H2,1-2H3,(H,25,26)/t18-/m1/s1. The molecular formula is C22H20N4O2S. The van der Waals surface area contributed by atoms with Crippen molar-refractivity contribution in [2.24, 2.45) is 5.73 Å². The van der Waals surface area contributed by atoms with E-state index < -0.39 is 0 Å². The van der Waals surface area contributed by atoms with Crippen molar-refractivity contribution in [2.75, 3.05) is 12.9 Å². The fourth-order valence-corrected chi connectivity index (χ4v) is 3.89. The smallest absolute Gasteiger partial charge is 0.244 e. The Morgan fingerprint density at radius 2 is 1.93 bits per heavy atom. The molecule has 0 amide bonds. The number of rotatable bonds is 5. The molecule has 0 bridgehead atoms. The predicted molar refractivity (Wildman–Crippen MR) is 113 cm³/mol. The van der Waals surface area contributed by atoms with Crippen molar-refractivity contribution in [3.05, 3.63) is 71.1 Å². The minimum Gasteiger partial charge on any atom is -0.494 e. The highest BCUT2D eigenvalue weighted by Gasteiger charge is 2.35. The summed E-state index contributed by atoms with van der Waals surface area (Å²) in [6.07, 6.45) is 2.03. The first kappa shape index (κ1) is 19.0. The summed E-state index contributed by atoms with van der Waals surface area (Å²) < 4.78 is 11.2. The van der Waals surface area contributed by atoms with Crippen LogP contribution in [0.1, 0.15) is 24.0 Å². The lowest BCUT2D eigenvalue weighted by Gasteiger charge is -2.24. The van der Waals surface area contributed by atoms with Gasteiger partial charge in [-0.2, -0.15) is 5.26 Å². The topological polar surface area (TPSA) is 97.0 Å². The molecule has 1 aliphatic rings. The minimum atomic E-state index is -0.361. The number of hydrogen-bond donors (Lipinski definition) is 2. The molecule has 146 valence electrons. The van der Waals surface area contributed by atoms with Crippen molar-refractivity contribution < 1.29 is 9.47 Å². The molecule has 4 rings (SSSR count). The molecule has 0 spiro atoms. The first-order valence-corrected chi connectivity index (χ1v) is 10.4. The van der Waals surface area contributed by atoms with Crippen LogP contribution in [0, 0.1) is 11.3 Å². The summed E-state index contributed by atoms with van der Waals surface area (Å²) in [6, 6.07) is 18.1. The van der Waals surface area contributed by atoms with E-state index in [1.165, 1.54) is 0 Å². The number of benzene rings is 2. The Bertz CT molecular complexity index is 1100. The van der Waals surface area contributed by atoms with E-state index in [1.54, 1.807) is 11.8 Å². The van der Waals surface area contributed by atoms with Gasteiger partial charge in [-0.25, -0.2) is 0 Å². The SMILES string of the molecule is CCOc1ccc(-c2[nH]nc3c2[C@H](c2ccc(SC)cc2)C(C#N)=C(N)O3)cc1. The summed E-state index contributed by atoms with van der Waals surface area (Å²) in [4.78, 5) is 1.15. The Balaban J connectivity index is 1.84. The third-order valence-corrected chi connectivity index (χ3v) is 5.59. The summed E-state index contributed by atoms with van der Waals surface area (Å²) in [6.45, 7) is 2.56. The van der Waals surface area contributed by atoms with Crippen molar-refractivity contribution in [3.63, 3.8) is 0 Å². The van der Waals surface area contributed by atoms with Crippen molar-refractivity contribution in [1.82, 2.24) is 10.2 Å². The maximum atomic E-state index is 9.79. The number of nitrogens with two attached hydrogens (primary N) is 1. The first-order chi connectivity index (χ1) is 14.2. The van der Waals surface area contributed by atoms with E-state index in [0.717, 1.165) is 33.0 Å². The van der Waals surface area contributed by atoms with Gasteiger partial charge < -0.3 is 15.2 Å². The van der Waals surface area contributed by atoms with Gasteiger partial charge in [0.25, 0.3) is 0 Å². The second-order valence-electron chi connectivity index (χ2n) is 6.47. The van der Waals surface area contributed by atoms with Gasteiger partial charge in [0.15, 0.2) is 0 Å². The van der Waals surface area contributed by atoms with E-state index in [4.69, 9.17) is 15.2 Å². The van der Waals surface area contributed by atoms with Crippen molar-refractivity contribution in [3.8, 4) is 29.0 Å². The molecule has 2 aromatic carbocycles. The quantitative estimate of drug-likeness (QED) is 0.611. The largest absolute Gasteiger partial charge is 0.494 e. The van der Waals surface area contributed by atoms with Gasteiger partial charge in [0.2, 0.25) is 11.8 Å². The van der Waals surface area contributed by atoms with Gasteiger partial charge in [-0.1, -0.05) is 12.1 Å². The normalized spacial score (nSPS) is 15.4. The lowest BCUT2D eigenvalue weighted by atomic mass is 9.83. The number of nitrogens with one attached hydrogen (secondary N) is 1. The fourth-order valence-electron chi connectivity index (χ4n) is 3.48. The zero-order chi connectivity index (χ0) is 20.4. The molecule has 3 N–H and O–H groups in total. The molecule has 7 heteroatoms. The fraction of sp³-hybridized carbons (Fsp3) is 0.182. The van der Waals surface area contributed by atoms with Crippen LogP contribution in [-0.4, -0.2) is 23.1 Å². The summed E-state index contributed by atoms with van der Waals surface area (Å²) >= 11 is 1.67. The number of aromatic nitrogens is 2.